The first-order valence-corrected chi connectivity index (χ1v) is 35.8. The van der Waals surface area contributed by atoms with Gasteiger partial charge in [-0.2, -0.15) is 0 Å². The largest absolute Gasteiger partial charge is 4.00 e. The summed E-state index contributed by atoms with van der Waals surface area (Å²) in [4.78, 5) is 61.5. The van der Waals surface area contributed by atoms with Crippen LogP contribution in [0.15, 0.2) is 0 Å². The molecule has 0 saturated heterocycles. The van der Waals surface area contributed by atoms with Crippen LogP contribution < -0.4 is 30.6 Å². The molecule has 460 valence electrons. The molecule has 0 aliphatic rings. The van der Waals surface area contributed by atoms with Crippen molar-refractivity contribution in [3.8, 4) is 0 Å². The Hall–Kier alpha value is -1.58. The summed E-state index contributed by atoms with van der Waals surface area (Å²) in [6.45, 7) is 24.8. The summed E-state index contributed by atoms with van der Waals surface area (Å²) in [7, 11) is 0. The van der Waals surface area contributed by atoms with E-state index in [0.717, 1.165) is 103 Å². The van der Waals surface area contributed by atoms with Gasteiger partial charge in [0.1, 0.15) is 0 Å². The maximum absolute atomic E-state index is 10.3. The fourth-order valence-electron chi connectivity index (χ4n) is 7.65. The summed E-state index contributed by atoms with van der Waals surface area (Å²) in [5.74, 6) is -6.28. The van der Waals surface area contributed by atoms with Gasteiger partial charge in [-0.15, -0.1) is 0 Å². The molecule has 4 atom stereocenters. The van der Waals surface area contributed by atoms with Crippen molar-refractivity contribution in [2.75, 3.05) is 0 Å². The number of carboxylic acid groups (broad SMARTS) is 6. The Morgan fingerprint density at radius 3 is 0.603 bits per heavy atom. The molecule has 0 aliphatic carbocycles. The minimum atomic E-state index is -0.909. The van der Waals surface area contributed by atoms with Crippen molar-refractivity contribution in [2.45, 2.75) is 349 Å². The predicted molar refractivity (Wildman–Crippen MR) is 318 cm³/mol. The summed E-state index contributed by atoms with van der Waals surface area (Å²) >= 11 is 0.149. The second-order valence-corrected chi connectivity index (χ2v) is 24.9. The molecule has 0 heterocycles. The molecule has 0 aliphatic heterocycles. The van der Waals surface area contributed by atoms with Gasteiger partial charge in [-0.25, -0.2) is 0 Å². The van der Waals surface area contributed by atoms with Gasteiger partial charge >= 0.3 is 93.5 Å². The smallest absolute Gasteiger partial charge is 4.00 e. The Morgan fingerprint density at radius 1 is 0.269 bits per heavy atom. The van der Waals surface area contributed by atoms with Gasteiger partial charge < -0.3 is 59.4 Å². The van der Waals surface area contributed by atoms with Crippen LogP contribution in [0.2, 0.25) is 8.87 Å². The Bertz CT molecular complexity index is 1080. The van der Waals surface area contributed by atoms with Crippen LogP contribution in [-0.2, 0) is 28.8 Å². The van der Waals surface area contributed by atoms with Gasteiger partial charge in [0.05, 0.1) is 0 Å². The van der Waals surface area contributed by atoms with Crippen molar-refractivity contribution in [3.63, 3.8) is 0 Å². The number of carbonyl (C=O) groups is 6. The van der Waals surface area contributed by atoms with Crippen LogP contribution in [0.3, 0.4) is 0 Å². The number of carbonyl (C=O) groups excluding carboxylic acids is 6. The van der Waals surface area contributed by atoms with Crippen molar-refractivity contribution >= 4 is 80.9 Å². The zero-order valence-electron chi connectivity index (χ0n) is 52.9. The van der Waals surface area contributed by atoms with Crippen LogP contribution in [0, 0.1) is 23.7 Å². The molecule has 0 aromatic heterocycles. The summed E-state index contributed by atoms with van der Waals surface area (Å²) in [6, 6.07) is 0. The van der Waals surface area contributed by atoms with E-state index in [1.165, 1.54) is 116 Å². The fraction of sp³-hybridized carbons (Fsp3) is 0.906. The SMILES string of the molecule is CCCCC(CC)C(=O)[O-].CCCCC(CC)C(=O)[O-].CCCCC(CC)C(=O)[O-].CCCCC(CC)C(=O)[O-].CCCCCCCCCCCC(=O)[O-].CCCCCCCCCCCC(=O)[O-].CCC[CH2][Sn+2][CH2]CCC.[Sn+4]. The van der Waals surface area contributed by atoms with Crippen LogP contribution in [0.4, 0.5) is 0 Å². The molecule has 12 nitrogen and oxygen atoms in total. The molecular formula is C64H124O12Sn2. The first kappa shape index (κ1) is 92.9. The van der Waals surface area contributed by atoms with Crippen LogP contribution in [0.5, 0.6) is 0 Å². The summed E-state index contributed by atoms with van der Waals surface area (Å²) < 4.78 is 3.25. The monoisotopic (exact) mass is 1320 g/mol. The molecule has 0 radical (unpaired) electrons. The van der Waals surface area contributed by atoms with E-state index in [1.54, 1.807) is 8.87 Å². The third-order valence-corrected chi connectivity index (χ3v) is 17.3. The predicted octanol–water partition coefficient (Wildman–Crippen LogP) is 11.9. The van der Waals surface area contributed by atoms with Crippen LogP contribution >= 0.6 is 0 Å². The molecule has 0 amide bonds. The van der Waals surface area contributed by atoms with E-state index in [9.17, 15) is 59.4 Å². The molecule has 4 unspecified atom stereocenters. The van der Waals surface area contributed by atoms with Gasteiger partial charge in [-0.3, -0.25) is 0 Å². The molecule has 0 spiro atoms. The van der Waals surface area contributed by atoms with E-state index >= 15 is 0 Å². The Kier molecular flexibility index (Phi) is 97.5. The van der Waals surface area contributed by atoms with Gasteiger partial charge in [-0.1, -0.05) is 223 Å². The zero-order chi connectivity index (χ0) is 60.2. The number of rotatable bonds is 46. The van der Waals surface area contributed by atoms with E-state index in [1.807, 2.05) is 27.7 Å². The van der Waals surface area contributed by atoms with Gasteiger partial charge in [0.15, 0.2) is 0 Å². The standard InChI is InChI=1S/2C12H24O2.4C8H16O2.2C4H9.2Sn/c2*1-2-3-4-5-6-7-8-9-10-11-12(13)14;4*1-3-5-6-7(4-2)8(9)10;2*1-3-4-2;;/h2*2-11H2,1H3,(H,13,14);4*7H,3-6H2,1-2H3,(H,9,10);2*1,3-4H2,2H3;;/q;;;;;;;;+2;+4/p-6. The summed E-state index contributed by atoms with van der Waals surface area (Å²) in [5.41, 5.74) is 0. The van der Waals surface area contributed by atoms with Crippen LogP contribution in [0.25, 0.3) is 0 Å². The molecule has 78 heavy (non-hydrogen) atoms. The third kappa shape index (κ3) is 90.9. The second-order valence-electron chi connectivity index (χ2n) is 20.6. The van der Waals surface area contributed by atoms with E-state index in [0.29, 0.717) is 25.7 Å². The van der Waals surface area contributed by atoms with Crippen molar-refractivity contribution < 1.29 is 59.4 Å². The normalized spacial score (nSPS) is 11.4. The Morgan fingerprint density at radius 2 is 0.449 bits per heavy atom. The molecule has 0 saturated carbocycles. The average molecular weight is 1320 g/mol. The number of unbranched alkanes of at least 4 members (excludes halogenated alkanes) is 22. The second kappa shape index (κ2) is 81.9. The van der Waals surface area contributed by atoms with Crippen molar-refractivity contribution in [3.05, 3.63) is 0 Å². The minimum Gasteiger partial charge on any atom is 4.00 e. The fourth-order valence-corrected chi connectivity index (χ4v) is 11.8. The van der Waals surface area contributed by atoms with E-state index in [2.05, 4.69) is 55.4 Å². The Labute approximate surface area is 509 Å². The zero-order valence-corrected chi connectivity index (χ0v) is 58.6. The van der Waals surface area contributed by atoms with Gasteiger partial charge in [0.25, 0.3) is 0 Å². The van der Waals surface area contributed by atoms with Crippen LogP contribution in [-0.4, -0.2) is 80.9 Å². The van der Waals surface area contributed by atoms with Crippen molar-refractivity contribution in [2.24, 2.45) is 23.7 Å². The van der Waals surface area contributed by atoms with Gasteiger partial charge in [-0.05, 0) is 101 Å². The minimum absolute atomic E-state index is 0. The molecule has 0 bridgehead atoms. The molecule has 0 N–H and O–H groups in total. The molecule has 14 heteroatoms. The number of hydrogen-bond donors (Lipinski definition) is 0. The van der Waals surface area contributed by atoms with E-state index < -0.39 is 35.8 Å². The Balaban J connectivity index is -0.000000123. The number of aliphatic carboxylic acids is 6. The van der Waals surface area contributed by atoms with Crippen LogP contribution in [0.1, 0.15) is 340 Å². The molecule has 0 aromatic carbocycles. The topological polar surface area (TPSA) is 241 Å². The van der Waals surface area contributed by atoms with E-state index in [-0.39, 0.29) is 81.6 Å². The van der Waals surface area contributed by atoms with Gasteiger partial charge in [0.2, 0.25) is 0 Å². The quantitative estimate of drug-likeness (QED) is 0.0408. The first-order chi connectivity index (χ1) is 36.8. The maximum Gasteiger partial charge on any atom is 4.00 e. The maximum atomic E-state index is 10.3. The molecule has 0 aromatic rings. The molecular weight excluding hydrogens is 1200 g/mol. The first-order valence-electron chi connectivity index (χ1n) is 31.8. The van der Waals surface area contributed by atoms with Crippen molar-refractivity contribution in [1.29, 1.82) is 0 Å². The van der Waals surface area contributed by atoms with E-state index in [4.69, 9.17) is 0 Å². The third-order valence-electron chi connectivity index (χ3n) is 13.3. The summed E-state index contributed by atoms with van der Waals surface area (Å²) in [6.07, 6.45) is 42.3. The van der Waals surface area contributed by atoms with Crippen molar-refractivity contribution in [1.82, 2.24) is 0 Å². The average Bonchev–Trinajstić information content (AvgIpc) is 3.39. The van der Waals surface area contributed by atoms with Gasteiger partial charge in [0, 0.05) is 35.8 Å². The number of hydrogen-bond acceptors (Lipinski definition) is 12. The number of carboxylic acids is 6. The summed E-state index contributed by atoms with van der Waals surface area (Å²) in [5, 5.41) is 61.5. The molecule has 0 fully saturated rings. The molecule has 0 rings (SSSR count).